The van der Waals surface area contributed by atoms with Crippen LogP contribution in [0.5, 0.6) is 0 Å². The topological polar surface area (TPSA) is 16.1 Å². The molecule has 1 unspecified atom stereocenters. The molecule has 0 N–H and O–H groups in total. The van der Waals surface area contributed by atoms with Crippen molar-refractivity contribution in [3.05, 3.63) is 16.1 Å². The molecular formula is C15H26N2S. The van der Waals surface area contributed by atoms with E-state index in [9.17, 15) is 0 Å². The summed E-state index contributed by atoms with van der Waals surface area (Å²) >= 11 is 1.80. The molecule has 0 aliphatic heterocycles. The Morgan fingerprint density at radius 3 is 2.72 bits per heavy atom. The third kappa shape index (κ3) is 3.33. The Morgan fingerprint density at radius 1 is 1.50 bits per heavy atom. The van der Waals surface area contributed by atoms with Crippen molar-refractivity contribution in [3.8, 4) is 0 Å². The predicted octanol–water partition coefficient (Wildman–Crippen LogP) is 4.28. The molecule has 1 fully saturated rings. The van der Waals surface area contributed by atoms with E-state index in [1.54, 1.807) is 11.3 Å². The van der Waals surface area contributed by atoms with Crippen LogP contribution in [0.25, 0.3) is 0 Å². The second-order valence-corrected chi connectivity index (χ2v) is 7.70. The van der Waals surface area contributed by atoms with Gasteiger partial charge < -0.3 is 0 Å². The number of hydrogen-bond acceptors (Lipinski definition) is 3. The van der Waals surface area contributed by atoms with Crippen molar-refractivity contribution in [2.24, 2.45) is 5.41 Å². The molecular weight excluding hydrogens is 240 g/mol. The molecule has 1 aromatic rings. The van der Waals surface area contributed by atoms with Crippen molar-refractivity contribution in [1.29, 1.82) is 0 Å². The first-order valence-corrected chi connectivity index (χ1v) is 7.90. The van der Waals surface area contributed by atoms with Crippen LogP contribution in [-0.2, 0) is 6.54 Å². The normalized spacial score (nSPS) is 23.2. The van der Waals surface area contributed by atoms with Crippen LogP contribution >= 0.6 is 11.3 Å². The molecule has 2 nitrogen and oxygen atoms in total. The van der Waals surface area contributed by atoms with Gasteiger partial charge >= 0.3 is 0 Å². The highest BCUT2D eigenvalue weighted by Crippen LogP contribution is 2.39. The molecule has 0 amide bonds. The van der Waals surface area contributed by atoms with Crippen LogP contribution in [0.1, 0.15) is 63.6 Å². The zero-order chi connectivity index (χ0) is 13.3. The van der Waals surface area contributed by atoms with Crippen LogP contribution in [0.3, 0.4) is 0 Å². The lowest BCUT2D eigenvalue weighted by Gasteiger charge is -2.25. The number of nitrogens with zero attached hydrogens (tertiary/aromatic N) is 2. The Balaban J connectivity index is 1.92. The summed E-state index contributed by atoms with van der Waals surface area (Å²) < 4.78 is 0. The first kappa shape index (κ1) is 14.0. The minimum atomic E-state index is 0.532. The SMILES string of the molecule is CC(C)c1nc(CN(C)C2CCC(C)(C)C2)cs1. The van der Waals surface area contributed by atoms with Crippen molar-refractivity contribution < 1.29 is 0 Å². The molecule has 0 radical (unpaired) electrons. The van der Waals surface area contributed by atoms with E-state index in [0.717, 1.165) is 12.6 Å². The highest BCUT2D eigenvalue weighted by atomic mass is 32.1. The van der Waals surface area contributed by atoms with E-state index < -0.39 is 0 Å². The van der Waals surface area contributed by atoms with E-state index in [1.807, 2.05) is 0 Å². The molecule has 2 rings (SSSR count). The Morgan fingerprint density at radius 2 is 2.22 bits per heavy atom. The lowest BCUT2D eigenvalue weighted by atomic mass is 9.91. The molecule has 1 atom stereocenters. The van der Waals surface area contributed by atoms with Gasteiger partial charge in [-0.3, -0.25) is 4.90 Å². The second-order valence-electron chi connectivity index (χ2n) is 6.81. The maximum atomic E-state index is 4.73. The molecule has 0 aromatic carbocycles. The van der Waals surface area contributed by atoms with Crippen molar-refractivity contribution in [1.82, 2.24) is 9.88 Å². The molecule has 0 spiro atoms. The van der Waals surface area contributed by atoms with E-state index in [2.05, 4.69) is 45.0 Å². The maximum Gasteiger partial charge on any atom is 0.0954 e. The van der Waals surface area contributed by atoms with Gasteiger partial charge in [0.15, 0.2) is 0 Å². The van der Waals surface area contributed by atoms with Gasteiger partial charge in [0.2, 0.25) is 0 Å². The van der Waals surface area contributed by atoms with Crippen molar-refractivity contribution >= 4 is 11.3 Å². The summed E-state index contributed by atoms with van der Waals surface area (Å²) in [6.07, 6.45) is 4.02. The van der Waals surface area contributed by atoms with Crippen LogP contribution in [0.15, 0.2) is 5.38 Å². The molecule has 1 aliphatic rings. The number of aromatic nitrogens is 1. The molecule has 1 heterocycles. The quantitative estimate of drug-likeness (QED) is 0.808. The third-order valence-electron chi connectivity index (χ3n) is 4.04. The third-order valence-corrected chi connectivity index (χ3v) is 5.23. The van der Waals surface area contributed by atoms with Crippen molar-refractivity contribution in [2.75, 3.05) is 7.05 Å². The van der Waals surface area contributed by atoms with E-state index in [4.69, 9.17) is 4.98 Å². The first-order valence-electron chi connectivity index (χ1n) is 7.02. The zero-order valence-electron chi connectivity index (χ0n) is 12.4. The molecule has 0 saturated heterocycles. The Kier molecular flexibility index (Phi) is 4.12. The zero-order valence-corrected chi connectivity index (χ0v) is 13.2. The molecule has 1 saturated carbocycles. The summed E-state index contributed by atoms with van der Waals surface area (Å²) in [6, 6.07) is 0.740. The minimum absolute atomic E-state index is 0.532. The van der Waals surface area contributed by atoms with Gasteiger partial charge in [0.25, 0.3) is 0 Å². The second kappa shape index (κ2) is 5.30. The van der Waals surface area contributed by atoms with Crippen molar-refractivity contribution in [2.45, 2.75) is 65.5 Å². The highest BCUT2D eigenvalue weighted by molar-refractivity contribution is 7.09. The standard InChI is InChI=1S/C15H26N2S/c1-11(2)14-16-12(10-18-14)9-17(5)13-6-7-15(3,4)8-13/h10-11,13H,6-9H2,1-5H3. The summed E-state index contributed by atoms with van der Waals surface area (Å²) in [5, 5.41) is 3.50. The van der Waals surface area contributed by atoms with Gasteiger partial charge in [-0.15, -0.1) is 11.3 Å². The van der Waals surface area contributed by atoms with Gasteiger partial charge in [-0.05, 0) is 31.7 Å². The van der Waals surface area contributed by atoms with Crippen LogP contribution in [0.2, 0.25) is 0 Å². The number of thiazole rings is 1. The Hall–Kier alpha value is -0.410. The minimum Gasteiger partial charge on any atom is -0.298 e. The van der Waals surface area contributed by atoms with Gasteiger partial charge in [-0.1, -0.05) is 27.7 Å². The van der Waals surface area contributed by atoms with Crippen LogP contribution in [-0.4, -0.2) is 23.0 Å². The maximum absolute atomic E-state index is 4.73. The highest BCUT2D eigenvalue weighted by Gasteiger charge is 2.33. The van der Waals surface area contributed by atoms with Crippen LogP contribution in [0.4, 0.5) is 0 Å². The average Bonchev–Trinajstić information content (AvgIpc) is 2.84. The number of hydrogen-bond donors (Lipinski definition) is 0. The summed E-state index contributed by atoms with van der Waals surface area (Å²) in [7, 11) is 2.25. The largest absolute Gasteiger partial charge is 0.298 e. The average molecular weight is 266 g/mol. The predicted molar refractivity (Wildman–Crippen MR) is 79.1 cm³/mol. The fourth-order valence-corrected chi connectivity index (χ4v) is 3.65. The summed E-state index contributed by atoms with van der Waals surface area (Å²) in [5.74, 6) is 0.555. The fourth-order valence-electron chi connectivity index (χ4n) is 2.82. The summed E-state index contributed by atoms with van der Waals surface area (Å²) in [5.41, 5.74) is 1.78. The van der Waals surface area contributed by atoms with Gasteiger partial charge in [0.05, 0.1) is 10.7 Å². The fraction of sp³-hybridized carbons (Fsp3) is 0.800. The van der Waals surface area contributed by atoms with Gasteiger partial charge in [-0.2, -0.15) is 0 Å². The van der Waals surface area contributed by atoms with Crippen molar-refractivity contribution in [3.63, 3.8) is 0 Å². The lowest BCUT2D eigenvalue weighted by Crippen LogP contribution is -2.29. The van der Waals surface area contributed by atoms with Gasteiger partial charge in [-0.25, -0.2) is 4.98 Å². The van der Waals surface area contributed by atoms with E-state index in [0.29, 0.717) is 11.3 Å². The monoisotopic (exact) mass is 266 g/mol. The molecule has 18 heavy (non-hydrogen) atoms. The van der Waals surface area contributed by atoms with E-state index in [-0.39, 0.29) is 0 Å². The number of rotatable bonds is 4. The Labute approximate surface area is 115 Å². The molecule has 102 valence electrons. The van der Waals surface area contributed by atoms with Crippen LogP contribution < -0.4 is 0 Å². The molecule has 3 heteroatoms. The van der Waals surface area contributed by atoms with Crippen LogP contribution in [0, 0.1) is 5.41 Å². The van der Waals surface area contributed by atoms with Gasteiger partial charge in [0.1, 0.15) is 0 Å². The van der Waals surface area contributed by atoms with Gasteiger partial charge in [0, 0.05) is 23.9 Å². The molecule has 1 aliphatic carbocycles. The summed E-state index contributed by atoms with van der Waals surface area (Å²) in [4.78, 5) is 7.23. The summed E-state index contributed by atoms with van der Waals surface area (Å²) in [6.45, 7) is 10.2. The van der Waals surface area contributed by atoms with E-state index in [1.165, 1.54) is 30.0 Å². The molecule has 1 aromatic heterocycles. The smallest absolute Gasteiger partial charge is 0.0954 e. The van der Waals surface area contributed by atoms with E-state index >= 15 is 0 Å². The Bertz CT molecular complexity index is 395. The molecule has 0 bridgehead atoms. The lowest BCUT2D eigenvalue weighted by molar-refractivity contribution is 0.218. The first-order chi connectivity index (χ1) is 8.37.